The Kier molecular flexibility index (Phi) is 7.25. The molecule has 0 amide bonds. The highest BCUT2D eigenvalue weighted by Gasteiger charge is 2.06. The summed E-state index contributed by atoms with van der Waals surface area (Å²) < 4.78 is 1.84. The average molecular weight is 310 g/mol. The number of halogens is 3. The number of nitrogens with zero attached hydrogens (tertiary/aromatic N) is 3. The Labute approximate surface area is 123 Å². The number of aromatic nitrogens is 3. The lowest BCUT2D eigenvalue weighted by Crippen LogP contribution is -2.05. The van der Waals surface area contributed by atoms with Gasteiger partial charge in [-0.3, -0.25) is 0 Å². The maximum absolute atomic E-state index is 5.82. The molecule has 0 spiro atoms. The van der Waals surface area contributed by atoms with E-state index >= 15 is 0 Å². The Bertz CT molecular complexity index is 482. The third kappa shape index (κ3) is 3.85. The van der Waals surface area contributed by atoms with Gasteiger partial charge in [-0.15, -0.1) is 29.9 Å². The molecule has 1 heterocycles. The zero-order valence-electron chi connectivity index (χ0n) is 9.84. The van der Waals surface area contributed by atoms with Gasteiger partial charge in [0.15, 0.2) is 0 Å². The van der Waals surface area contributed by atoms with Crippen molar-refractivity contribution in [3.05, 3.63) is 46.2 Å². The maximum Gasteiger partial charge on any atom is 0.0991 e. The molecule has 2 aromatic rings. The molecule has 0 atom stereocenters. The summed E-state index contributed by atoms with van der Waals surface area (Å²) in [6.45, 7) is 3.08. The number of hydrogen-bond acceptors (Lipinski definition) is 3. The smallest absolute Gasteiger partial charge is 0.0991 e. The number of nitrogens with two attached hydrogens (primary N) is 1. The first-order valence-corrected chi connectivity index (χ1v) is 5.42. The van der Waals surface area contributed by atoms with Crippen molar-refractivity contribution >= 4 is 36.4 Å². The fourth-order valence-corrected chi connectivity index (χ4v) is 1.62. The summed E-state index contributed by atoms with van der Waals surface area (Å²) in [5.74, 6) is 0. The Morgan fingerprint density at radius 2 is 1.83 bits per heavy atom. The lowest BCUT2D eigenvalue weighted by molar-refractivity contribution is 0.633. The predicted molar refractivity (Wildman–Crippen MR) is 77.7 cm³/mol. The minimum Gasteiger partial charge on any atom is -0.325 e. The van der Waals surface area contributed by atoms with Gasteiger partial charge in [0.25, 0.3) is 0 Å². The monoisotopic (exact) mass is 308 g/mol. The topological polar surface area (TPSA) is 56.7 Å². The van der Waals surface area contributed by atoms with Crippen LogP contribution in [0.2, 0.25) is 5.02 Å². The van der Waals surface area contributed by atoms with E-state index < -0.39 is 0 Å². The summed E-state index contributed by atoms with van der Waals surface area (Å²) in [6.07, 6.45) is 0. The van der Waals surface area contributed by atoms with Crippen LogP contribution in [0.4, 0.5) is 0 Å². The molecule has 1 aromatic heterocycles. The first kappa shape index (κ1) is 17.2. The molecule has 100 valence electrons. The van der Waals surface area contributed by atoms with E-state index in [1.54, 1.807) is 0 Å². The molecule has 0 saturated heterocycles. The molecule has 0 aliphatic rings. The Morgan fingerprint density at radius 1 is 1.22 bits per heavy atom. The lowest BCUT2D eigenvalue weighted by Gasteiger charge is -2.03. The summed E-state index contributed by atoms with van der Waals surface area (Å²) in [7, 11) is 0. The first-order valence-electron chi connectivity index (χ1n) is 5.04. The minimum atomic E-state index is 0. The van der Waals surface area contributed by atoms with Gasteiger partial charge in [-0.05, 0) is 24.6 Å². The van der Waals surface area contributed by atoms with Crippen LogP contribution in [0.5, 0.6) is 0 Å². The van der Waals surface area contributed by atoms with Crippen LogP contribution in [-0.2, 0) is 13.1 Å². The van der Waals surface area contributed by atoms with Crippen LogP contribution in [0, 0.1) is 6.92 Å². The van der Waals surface area contributed by atoms with Crippen molar-refractivity contribution in [3.8, 4) is 0 Å². The SMILES string of the molecule is Cc1c(CN)nnn1Cc1ccc(Cl)cc1.Cl.Cl. The summed E-state index contributed by atoms with van der Waals surface area (Å²) in [4.78, 5) is 0. The van der Waals surface area contributed by atoms with Gasteiger partial charge in [0.1, 0.15) is 0 Å². The molecule has 0 aliphatic carbocycles. The zero-order valence-corrected chi connectivity index (χ0v) is 12.2. The van der Waals surface area contributed by atoms with Gasteiger partial charge >= 0.3 is 0 Å². The molecule has 7 heteroatoms. The third-order valence-electron chi connectivity index (χ3n) is 2.52. The van der Waals surface area contributed by atoms with Gasteiger partial charge in [-0.25, -0.2) is 4.68 Å². The van der Waals surface area contributed by atoms with E-state index in [9.17, 15) is 0 Å². The maximum atomic E-state index is 5.82. The van der Waals surface area contributed by atoms with Crippen LogP contribution in [0.1, 0.15) is 17.0 Å². The van der Waals surface area contributed by atoms with Crippen molar-refractivity contribution in [3.63, 3.8) is 0 Å². The second-order valence-electron chi connectivity index (χ2n) is 3.61. The van der Waals surface area contributed by atoms with Crippen molar-refractivity contribution in [1.29, 1.82) is 0 Å². The lowest BCUT2D eigenvalue weighted by atomic mass is 10.2. The molecule has 0 fully saturated rings. The van der Waals surface area contributed by atoms with Gasteiger partial charge < -0.3 is 5.73 Å². The van der Waals surface area contributed by atoms with Crippen molar-refractivity contribution in [2.24, 2.45) is 5.73 Å². The minimum absolute atomic E-state index is 0. The third-order valence-corrected chi connectivity index (χ3v) is 2.77. The van der Waals surface area contributed by atoms with E-state index in [4.69, 9.17) is 17.3 Å². The van der Waals surface area contributed by atoms with Gasteiger partial charge in [-0.2, -0.15) is 0 Å². The average Bonchev–Trinajstić information content (AvgIpc) is 2.63. The molecular formula is C11H15Cl3N4. The Hall–Kier alpha value is -0.810. The molecule has 0 aliphatic heterocycles. The van der Waals surface area contributed by atoms with E-state index in [0.717, 1.165) is 22.0 Å². The summed E-state index contributed by atoms with van der Waals surface area (Å²) in [5.41, 5.74) is 8.54. The Morgan fingerprint density at radius 3 is 2.33 bits per heavy atom. The fourth-order valence-electron chi connectivity index (χ4n) is 1.50. The van der Waals surface area contributed by atoms with E-state index in [2.05, 4.69) is 10.3 Å². The van der Waals surface area contributed by atoms with Crippen LogP contribution in [0.25, 0.3) is 0 Å². The predicted octanol–water partition coefficient (Wildman–Crippen LogP) is 2.59. The van der Waals surface area contributed by atoms with Crippen molar-refractivity contribution < 1.29 is 0 Å². The van der Waals surface area contributed by atoms with Crippen LogP contribution < -0.4 is 5.73 Å². The van der Waals surface area contributed by atoms with E-state index in [1.165, 1.54) is 0 Å². The molecule has 2 N–H and O–H groups in total. The highest BCUT2D eigenvalue weighted by Crippen LogP contribution is 2.11. The largest absolute Gasteiger partial charge is 0.325 e. The molecule has 0 bridgehead atoms. The molecule has 0 unspecified atom stereocenters. The summed E-state index contributed by atoms with van der Waals surface area (Å²) in [5, 5.41) is 8.81. The van der Waals surface area contributed by atoms with Crippen LogP contribution in [-0.4, -0.2) is 15.0 Å². The summed E-state index contributed by atoms with van der Waals surface area (Å²) >= 11 is 5.82. The molecular weight excluding hydrogens is 295 g/mol. The van der Waals surface area contributed by atoms with Gasteiger partial charge in [0, 0.05) is 11.6 Å². The Balaban J connectivity index is 0.00000144. The number of hydrogen-bond donors (Lipinski definition) is 1. The van der Waals surface area contributed by atoms with E-state index in [0.29, 0.717) is 13.1 Å². The molecule has 1 aromatic carbocycles. The fraction of sp³-hybridized carbons (Fsp3) is 0.273. The molecule has 4 nitrogen and oxygen atoms in total. The first-order chi connectivity index (χ1) is 7.70. The van der Waals surface area contributed by atoms with E-state index in [1.807, 2.05) is 35.9 Å². The second kappa shape index (κ2) is 7.59. The second-order valence-corrected chi connectivity index (χ2v) is 4.05. The molecule has 0 saturated carbocycles. The van der Waals surface area contributed by atoms with E-state index in [-0.39, 0.29) is 24.8 Å². The van der Waals surface area contributed by atoms with Crippen LogP contribution in [0.3, 0.4) is 0 Å². The zero-order chi connectivity index (χ0) is 11.5. The van der Waals surface area contributed by atoms with Gasteiger partial charge in [0.05, 0.1) is 17.9 Å². The highest BCUT2D eigenvalue weighted by atomic mass is 35.5. The van der Waals surface area contributed by atoms with Crippen molar-refractivity contribution in [2.75, 3.05) is 0 Å². The van der Waals surface area contributed by atoms with Gasteiger partial charge in [0.2, 0.25) is 0 Å². The number of benzene rings is 1. The number of rotatable bonds is 3. The highest BCUT2D eigenvalue weighted by molar-refractivity contribution is 6.30. The van der Waals surface area contributed by atoms with Crippen molar-refractivity contribution in [2.45, 2.75) is 20.0 Å². The quantitative estimate of drug-likeness (QED) is 0.948. The molecule has 0 radical (unpaired) electrons. The molecule has 2 rings (SSSR count). The van der Waals surface area contributed by atoms with Crippen molar-refractivity contribution in [1.82, 2.24) is 15.0 Å². The van der Waals surface area contributed by atoms with Crippen LogP contribution >= 0.6 is 36.4 Å². The standard InChI is InChI=1S/C11H13ClN4.2ClH/c1-8-11(6-13)14-15-16(8)7-9-2-4-10(12)5-3-9;;/h2-5H,6-7,13H2,1H3;2*1H. The normalized spacial score (nSPS) is 9.50. The summed E-state index contributed by atoms with van der Waals surface area (Å²) in [6, 6.07) is 7.69. The molecule has 18 heavy (non-hydrogen) atoms. The van der Waals surface area contributed by atoms with Gasteiger partial charge in [-0.1, -0.05) is 28.9 Å². The van der Waals surface area contributed by atoms with Crippen LogP contribution in [0.15, 0.2) is 24.3 Å².